The number of ether oxygens (including phenoxy) is 1. The van der Waals surface area contributed by atoms with Crippen molar-refractivity contribution in [2.45, 2.75) is 24.0 Å². The Morgan fingerprint density at radius 3 is 2.18 bits per heavy atom. The molecule has 0 aliphatic heterocycles. The summed E-state index contributed by atoms with van der Waals surface area (Å²) < 4.78 is 70.9. The van der Waals surface area contributed by atoms with Gasteiger partial charge < -0.3 is 10.1 Å². The maximum atomic E-state index is 12.9. The van der Waals surface area contributed by atoms with Crippen molar-refractivity contribution in [1.29, 1.82) is 0 Å². The number of hydrogen-bond donors (Lipinski definition) is 2. The summed E-state index contributed by atoms with van der Waals surface area (Å²) in [4.78, 5) is 12.9. The summed E-state index contributed by atoms with van der Waals surface area (Å²) in [5.74, 6) is -0.488. The molecule has 0 aliphatic carbocycles. The zero-order chi connectivity index (χ0) is 24.9. The second kappa shape index (κ2) is 10.4. The molecule has 0 heterocycles. The highest BCUT2D eigenvalue weighted by molar-refractivity contribution is 7.89. The molecule has 0 saturated carbocycles. The molecule has 0 aromatic heterocycles. The molecule has 3 aromatic carbocycles. The number of alkyl halides is 3. The molecule has 1 atom stereocenters. The van der Waals surface area contributed by atoms with Gasteiger partial charge in [-0.05, 0) is 60.5 Å². The Balaban J connectivity index is 1.78. The molecule has 2 N–H and O–H groups in total. The number of methoxy groups -OCH3 is 1. The lowest BCUT2D eigenvalue weighted by atomic mass is 9.98. The van der Waals surface area contributed by atoms with Crippen LogP contribution in [0.15, 0.2) is 77.7 Å². The lowest BCUT2D eigenvalue weighted by molar-refractivity contribution is -0.137. The number of anilines is 1. The third-order valence-electron chi connectivity index (χ3n) is 4.89. The third-order valence-corrected chi connectivity index (χ3v) is 6.50. The summed E-state index contributed by atoms with van der Waals surface area (Å²) in [6.45, 7) is 1.88. The topological polar surface area (TPSA) is 84.5 Å². The van der Waals surface area contributed by atoms with Gasteiger partial charge in [-0.15, -0.1) is 0 Å². The minimum absolute atomic E-state index is 0.0265. The van der Waals surface area contributed by atoms with Crippen LogP contribution in [0.2, 0.25) is 0 Å². The van der Waals surface area contributed by atoms with Crippen molar-refractivity contribution in [1.82, 2.24) is 4.72 Å². The molecule has 0 fully saturated rings. The van der Waals surface area contributed by atoms with Crippen LogP contribution in [0, 0.1) is 0 Å². The van der Waals surface area contributed by atoms with Crippen LogP contribution in [-0.2, 0) is 20.9 Å². The summed E-state index contributed by atoms with van der Waals surface area (Å²) in [6, 6.07) is 16.3. The standard InChI is InChI=1S/C24H23F3N2O4S/c1-16(15-33-2)29-34(31,32)20-13-11-19(12-14-20)28-23(30)22-6-4-3-5-21(22)17-7-9-18(10-8-17)24(25,26)27/h3-14,16,29H,15H2,1-2H3,(H,28,30). The van der Waals surface area contributed by atoms with Crippen molar-refractivity contribution >= 4 is 21.6 Å². The molecule has 34 heavy (non-hydrogen) atoms. The minimum Gasteiger partial charge on any atom is -0.383 e. The van der Waals surface area contributed by atoms with Gasteiger partial charge in [0.15, 0.2) is 0 Å². The monoisotopic (exact) mass is 492 g/mol. The van der Waals surface area contributed by atoms with E-state index in [1.807, 2.05) is 0 Å². The normalized spacial score (nSPS) is 12.9. The quantitative estimate of drug-likeness (QED) is 0.467. The highest BCUT2D eigenvalue weighted by atomic mass is 32.2. The second-order valence-corrected chi connectivity index (χ2v) is 9.29. The number of hydrogen-bond acceptors (Lipinski definition) is 4. The molecule has 0 saturated heterocycles. The summed E-state index contributed by atoms with van der Waals surface area (Å²) >= 11 is 0. The molecule has 0 spiro atoms. The van der Waals surface area contributed by atoms with E-state index in [0.717, 1.165) is 12.1 Å². The Bertz CT molecular complexity index is 1240. The first-order chi connectivity index (χ1) is 16.0. The fourth-order valence-corrected chi connectivity index (χ4v) is 4.53. The molecule has 1 unspecified atom stereocenters. The van der Waals surface area contributed by atoms with E-state index in [1.54, 1.807) is 31.2 Å². The molecule has 0 bridgehead atoms. The van der Waals surface area contributed by atoms with E-state index >= 15 is 0 Å². The SMILES string of the molecule is COCC(C)NS(=O)(=O)c1ccc(NC(=O)c2ccccc2-c2ccc(C(F)(F)F)cc2)cc1. The predicted octanol–water partition coefficient (Wildman–Crippen LogP) is 4.94. The van der Waals surface area contributed by atoms with Crippen molar-refractivity contribution in [2.24, 2.45) is 0 Å². The summed E-state index contributed by atoms with van der Waals surface area (Å²) in [6.07, 6.45) is -4.45. The Kier molecular flexibility index (Phi) is 7.75. The van der Waals surface area contributed by atoms with Crippen LogP contribution in [0.5, 0.6) is 0 Å². The Labute approximate surface area is 195 Å². The molecule has 0 aliphatic rings. The molecule has 3 aromatic rings. The fourth-order valence-electron chi connectivity index (χ4n) is 3.30. The van der Waals surface area contributed by atoms with Crippen LogP contribution < -0.4 is 10.0 Å². The number of nitrogens with one attached hydrogen (secondary N) is 2. The molecule has 0 radical (unpaired) electrons. The average molecular weight is 493 g/mol. The molecule has 1 amide bonds. The van der Waals surface area contributed by atoms with Crippen LogP contribution in [0.4, 0.5) is 18.9 Å². The van der Waals surface area contributed by atoms with Gasteiger partial charge >= 0.3 is 6.18 Å². The minimum atomic E-state index is -4.45. The van der Waals surface area contributed by atoms with E-state index in [2.05, 4.69) is 10.0 Å². The summed E-state index contributed by atoms with van der Waals surface area (Å²) in [5, 5.41) is 2.69. The molecular formula is C24H23F3N2O4S. The zero-order valence-corrected chi connectivity index (χ0v) is 19.2. The van der Waals surface area contributed by atoms with Crippen molar-refractivity contribution < 1.29 is 31.1 Å². The van der Waals surface area contributed by atoms with Crippen molar-refractivity contribution in [3.63, 3.8) is 0 Å². The van der Waals surface area contributed by atoms with Gasteiger partial charge in [-0.1, -0.05) is 30.3 Å². The van der Waals surface area contributed by atoms with Crippen LogP contribution in [0.25, 0.3) is 11.1 Å². The van der Waals surface area contributed by atoms with Crippen LogP contribution in [0.3, 0.4) is 0 Å². The van der Waals surface area contributed by atoms with E-state index in [0.29, 0.717) is 16.8 Å². The van der Waals surface area contributed by atoms with Crippen molar-refractivity contribution in [3.8, 4) is 11.1 Å². The lowest BCUT2D eigenvalue weighted by Crippen LogP contribution is -2.35. The number of carbonyl (C=O) groups excluding carboxylic acids is 1. The molecule has 180 valence electrons. The van der Waals surface area contributed by atoms with Crippen LogP contribution in [-0.4, -0.2) is 34.1 Å². The first kappa shape index (κ1) is 25.4. The lowest BCUT2D eigenvalue weighted by Gasteiger charge is -2.14. The Morgan fingerprint density at radius 1 is 0.971 bits per heavy atom. The van der Waals surface area contributed by atoms with Gasteiger partial charge in [0.1, 0.15) is 0 Å². The number of rotatable bonds is 8. The predicted molar refractivity (Wildman–Crippen MR) is 123 cm³/mol. The van der Waals surface area contributed by atoms with Gasteiger partial charge in [0.05, 0.1) is 17.1 Å². The third kappa shape index (κ3) is 6.22. The van der Waals surface area contributed by atoms with Crippen molar-refractivity contribution in [2.75, 3.05) is 19.0 Å². The fraction of sp³-hybridized carbons (Fsp3) is 0.208. The first-order valence-electron chi connectivity index (χ1n) is 10.2. The van der Waals surface area contributed by atoms with E-state index in [-0.39, 0.29) is 17.1 Å². The van der Waals surface area contributed by atoms with Gasteiger partial charge in [-0.25, -0.2) is 13.1 Å². The maximum Gasteiger partial charge on any atom is 0.416 e. The van der Waals surface area contributed by atoms with Gasteiger partial charge in [-0.3, -0.25) is 4.79 Å². The van der Waals surface area contributed by atoms with Crippen molar-refractivity contribution in [3.05, 3.63) is 83.9 Å². The number of halogens is 3. The Morgan fingerprint density at radius 2 is 1.59 bits per heavy atom. The zero-order valence-electron chi connectivity index (χ0n) is 18.4. The largest absolute Gasteiger partial charge is 0.416 e. The van der Waals surface area contributed by atoms with Crippen LogP contribution in [0.1, 0.15) is 22.8 Å². The van der Waals surface area contributed by atoms with E-state index < -0.39 is 33.7 Å². The van der Waals surface area contributed by atoms with E-state index in [4.69, 9.17) is 4.74 Å². The van der Waals surface area contributed by atoms with E-state index in [9.17, 15) is 26.4 Å². The van der Waals surface area contributed by atoms with Gasteiger partial charge in [0.25, 0.3) is 5.91 Å². The van der Waals surface area contributed by atoms with E-state index in [1.165, 1.54) is 43.5 Å². The maximum absolute atomic E-state index is 12.9. The first-order valence-corrected chi connectivity index (χ1v) is 11.7. The smallest absolute Gasteiger partial charge is 0.383 e. The highest BCUT2D eigenvalue weighted by Gasteiger charge is 2.30. The molecule has 10 heteroatoms. The number of amides is 1. The second-order valence-electron chi connectivity index (χ2n) is 7.58. The number of benzene rings is 3. The summed E-state index contributed by atoms with van der Waals surface area (Å²) in [5.41, 5.74) is 0.755. The number of sulfonamides is 1. The average Bonchev–Trinajstić information content (AvgIpc) is 2.79. The molecular weight excluding hydrogens is 469 g/mol. The molecule has 6 nitrogen and oxygen atoms in total. The molecule has 3 rings (SSSR count). The Hall–Kier alpha value is -3.21. The van der Waals surface area contributed by atoms with Crippen LogP contribution >= 0.6 is 0 Å². The number of carbonyl (C=O) groups is 1. The van der Waals surface area contributed by atoms with Gasteiger partial charge in [-0.2, -0.15) is 13.2 Å². The van der Waals surface area contributed by atoms with Gasteiger partial charge in [0.2, 0.25) is 10.0 Å². The highest BCUT2D eigenvalue weighted by Crippen LogP contribution is 2.32. The summed E-state index contributed by atoms with van der Waals surface area (Å²) in [7, 11) is -2.29. The van der Waals surface area contributed by atoms with Gasteiger partial charge in [0, 0.05) is 24.4 Å².